The molecule has 3 rings (SSSR count). The van der Waals surface area contributed by atoms with Gasteiger partial charge < -0.3 is 4.74 Å². The molecule has 33 heavy (non-hydrogen) atoms. The molecule has 13 heteroatoms. The molecule has 0 aliphatic carbocycles. The van der Waals surface area contributed by atoms with E-state index in [4.69, 9.17) is 27.9 Å². The van der Waals surface area contributed by atoms with E-state index in [2.05, 4.69) is 9.97 Å². The van der Waals surface area contributed by atoms with Crippen LogP contribution in [-0.2, 0) is 20.9 Å². The molecule has 0 aliphatic heterocycles. The number of carbonyl (C=O) groups excluding carboxylic acids is 1. The minimum Gasteiger partial charge on any atom is -0.363 e. The van der Waals surface area contributed by atoms with Crippen LogP contribution in [0.1, 0.15) is 21.7 Å². The van der Waals surface area contributed by atoms with Crippen molar-refractivity contribution in [1.82, 2.24) is 9.97 Å². The molecule has 0 bridgehead atoms. The molecule has 0 aliphatic rings. The van der Waals surface area contributed by atoms with Gasteiger partial charge in [-0.15, -0.1) is 0 Å². The Kier molecular flexibility index (Phi) is 7.27. The van der Waals surface area contributed by atoms with Crippen molar-refractivity contribution < 1.29 is 31.1 Å². The number of sulfonamides is 1. The smallest absolute Gasteiger partial charge is 0.363 e. The third-order valence-corrected chi connectivity index (χ3v) is 6.56. The standard InChI is InChI=1S/C20H14Cl2F3N3O4S/c1-32-11-28(33(30,31)13-5-6-15(22)14(9-13)20(23,24)25)17-8-12(21)10-27-18(17)19(29)16-4-2-3-7-26-16/h2-10H,11H2,1H3. The van der Waals surface area contributed by atoms with Gasteiger partial charge in [-0.2, -0.15) is 13.2 Å². The van der Waals surface area contributed by atoms with Crippen LogP contribution in [0, 0.1) is 0 Å². The summed E-state index contributed by atoms with van der Waals surface area (Å²) in [6.07, 6.45) is -2.41. The number of rotatable bonds is 7. The van der Waals surface area contributed by atoms with Crippen molar-refractivity contribution in [3.05, 3.63) is 81.9 Å². The molecule has 3 aromatic rings. The maximum Gasteiger partial charge on any atom is 0.417 e. The predicted octanol–water partition coefficient (Wildman–Crippen LogP) is 4.83. The van der Waals surface area contributed by atoms with Crippen LogP contribution < -0.4 is 4.31 Å². The van der Waals surface area contributed by atoms with Gasteiger partial charge in [-0.25, -0.2) is 17.7 Å². The van der Waals surface area contributed by atoms with E-state index in [1.54, 1.807) is 12.1 Å². The number of anilines is 1. The topological polar surface area (TPSA) is 89.5 Å². The lowest BCUT2D eigenvalue weighted by Crippen LogP contribution is -2.34. The van der Waals surface area contributed by atoms with Gasteiger partial charge in [-0.3, -0.25) is 9.78 Å². The summed E-state index contributed by atoms with van der Waals surface area (Å²) in [6.45, 7) is -0.656. The first kappa shape index (κ1) is 24.9. The fourth-order valence-corrected chi connectivity index (χ4v) is 4.59. The Morgan fingerprint density at radius 2 is 1.85 bits per heavy atom. The molecule has 0 unspecified atom stereocenters. The lowest BCUT2D eigenvalue weighted by molar-refractivity contribution is -0.137. The van der Waals surface area contributed by atoms with Crippen LogP contribution in [-0.4, -0.2) is 38.0 Å². The van der Waals surface area contributed by atoms with Crippen molar-refractivity contribution in [1.29, 1.82) is 0 Å². The number of aromatic nitrogens is 2. The highest BCUT2D eigenvalue weighted by atomic mass is 35.5. The van der Waals surface area contributed by atoms with E-state index in [0.717, 1.165) is 24.4 Å². The van der Waals surface area contributed by atoms with E-state index < -0.39 is 44.2 Å². The molecule has 0 atom stereocenters. The van der Waals surface area contributed by atoms with Gasteiger partial charge in [-0.05, 0) is 36.4 Å². The van der Waals surface area contributed by atoms with E-state index in [1.165, 1.54) is 19.4 Å². The number of pyridine rings is 2. The second-order valence-corrected chi connectivity index (χ2v) is 9.18. The number of carbonyl (C=O) groups is 1. The molecule has 0 saturated carbocycles. The number of alkyl halides is 3. The molecule has 2 heterocycles. The fourth-order valence-electron chi connectivity index (χ4n) is 2.81. The van der Waals surface area contributed by atoms with Gasteiger partial charge in [0.25, 0.3) is 10.0 Å². The summed E-state index contributed by atoms with van der Waals surface area (Å²) in [5.74, 6) is -0.731. The van der Waals surface area contributed by atoms with E-state index >= 15 is 0 Å². The first-order chi connectivity index (χ1) is 15.5. The number of hydrogen-bond donors (Lipinski definition) is 0. The van der Waals surface area contributed by atoms with Gasteiger partial charge in [0.15, 0.2) is 0 Å². The molecule has 0 spiro atoms. The summed E-state index contributed by atoms with van der Waals surface area (Å²) in [4.78, 5) is 20.1. The molecule has 0 amide bonds. The van der Waals surface area contributed by atoms with Crippen molar-refractivity contribution in [3.8, 4) is 0 Å². The van der Waals surface area contributed by atoms with Crippen LogP contribution in [0.4, 0.5) is 18.9 Å². The molecule has 0 saturated heterocycles. The second kappa shape index (κ2) is 9.64. The van der Waals surface area contributed by atoms with Crippen molar-refractivity contribution in [2.45, 2.75) is 11.1 Å². The minimum atomic E-state index is -4.90. The van der Waals surface area contributed by atoms with E-state index in [9.17, 15) is 26.4 Å². The molecule has 0 fully saturated rings. The lowest BCUT2D eigenvalue weighted by atomic mass is 10.1. The Hall–Kier alpha value is -2.73. The lowest BCUT2D eigenvalue weighted by Gasteiger charge is -2.25. The summed E-state index contributed by atoms with van der Waals surface area (Å²) in [6, 6.07) is 7.79. The summed E-state index contributed by atoms with van der Waals surface area (Å²) in [5.41, 5.74) is -2.02. The zero-order valence-corrected chi connectivity index (χ0v) is 19.0. The Morgan fingerprint density at radius 1 is 1.12 bits per heavy atom. The first-order valence-electron chi connectivity index (χ1n) is 8.96. The van der Waals surface area contributed by atoms with Gasteiger partial charge in [0.1, 0.15) is 18.1 Å². The molecule has 0 radical (unpaired) electrons. The van der Waals surface area contributed by atoms with Gasteiger partial charge in [0, 0.05) is 19.5 Å². The van der Waals surface area contributed by atoms with Crippen molar-refractivity contribution in [2.24, 2.45) is 0 Å². The quantitative estimate of drug-likeness (QED) is 0.328. The van der Waals surface area contributed by atoms with E-state index in [0.29, 0.717) is 10.4 Å². The Bertz CT molecular complexity index is 1290. The maximum atomic E-state index is 13.4. The minimum absolute atomic E-state index is 0.0223. The van der Waals surface area contributed by atoms with Crippen molar-refractivity contribution >= 4 is 44.7 Å². The predicted molar refractivity (Wildman–Crippen MR) is 115 cm³/mol. The number of hydrogen-bond acceptors (Lipinski definition) is 6. The van der Waals surface area contributed by atoms with Crippen LogP contribution >= 0.6 is 23.2 Å². The zero-order chi connectivity index (χ0) is 24.4. The van der Waals surface area contributed by atoms with E-state index in [-0.39, 0.29) is 22.1 Å². The van der Waals surface area contributed by atoms with Crippen molar-refractivity contribution in [2.75, 3.05) is 18.1 Å². The number of halogens is 5. The number of ether oxygens (including phenoxy) is 1. The third kappa shape index (κ3) is 5.27. The largest absolute Gasteiger partial charge is 0.417 e. The summed E-state index contributed by atoms with van der Waals surface area (Å²) >= 11 is 11.6. The SMILES string of the molecule is COCN(c1cc(Cl)cnc1C(=O)c1ccccn1)S(=O)(=O)c1ccc(Cl)c(C(F)(F)F)c1. The fraction of sp³-hybridized carbons (Fsp3) is 0.150. The van der Waals surface area contributed by atoms with Crippen LogP contribution in [0.5, 0.6) is 0 Å². The van der Waals surface area contributed by atoms with Crippen molar-refractivity contribution in [3.63, 3.8) is 0 Å². The van der Waals surface area contributed by atoms with Crippen LogP contribution in [0.2, 0.25) is 10.0 Å². The van der Waals surface area contributed by atoms with E-state index in [1.807, 2.05) is 0 Å². The number of nitrogens with zero attached hydrogens (tertiary/aromatic N) is 3. The summed E-state index contributed by atoms with van der Waals surface area (Å²) < 4.78 is 72.2. The first-order valence-corrected chi connectivity index (χ1v) is 11.2. The highest BCUT2D eigenvalue weighted by molar-refractivity contribution is 7.92. The van der Waals surface area contributed by atoms with Gasteiger partial charge in [0.05, 0.1) is 26.2 Å². The highest BCUT2D eigenvalue weighted by Gasteiger charge is 2.36. The summed E-state index contributed by atoms with van der Waals surface area (Å²) in [5, 5.41) is -0.693. The molecule has 0 N–H and O–H groups in total. The van der Waals surface area contributed by atoms with Gasteiger partial charge in [-0.1, -0.05) is 29.3 Å². The average molecular weight is 520 g/mol. The molecule has 1 aromatic carbocycles. The molecular weight excluding hydrogens is 506 g/mol. The Balaban J connectivity index is 2.20. The Morgan fingerprint density at radius 3 is 2.45 bits per heavy atom. The van der Waals surface area contributed by atoms with Crippen LogP contribution in [0.3, 0.4) is 0 Å². The van der Waals surface area contributed by atoms with Crippen LogP contribution in [0.15, 0.2) is 59.8 Å². The maximum absolute atomic E-state index is 13.4. The number of benzene rings is 1. The highest BCUT2D eigenvalue weighted by Crippen LogP contribution is 2.37. The monoisotopic (exact) mass is 519 g/mol. The van der Waals surface area contributed by atoms with Gasteiger partial charge >= 0.3 is 6.18 Å². The molecule has 7 nitrogen and oxygen atoms in total. The molecule has 2 aromatic heterocycles. The third-order valence-electron chi connectivity index (χ3n) is 4.29. The molecule has 174 valence electrons. The normalized spacial score (nSPS) is 11.9. The second-order valence-electron chi connectivity index (χ2n) is 6.48. The Labute approximate surface area is 196 Å². The van der Waals surface area contributed by atoms with Crippen LogP contribution in [0.25, 0.3) is 0 Å². The number of methoxy groups -OCH3 is 1. The summed E-state index contributed by atoms with van der Waals surface area (Å²) in [7, 11) is -3.52. The zero-order valence-electron chi connectivity index (χ0n) is 16.7. The number of ketones is 1. The van der Waals surface area contributed by atoms with Gasteiger partial charge in [0.2, 0.25) is 5.78 Å². The molecular formula is C20H14Cl2F3N3O4S. The average Bonchev–Trinajstić information content (AvgIpc) is 2.76.